The van der Waals surface area contributed by atoms with E-state index in [1.165, 1.54) is 0 Å². The summed E-state index contributed by atoms with van der Waals surface area (Å²) in [6.45, 7) is 2.75. The summed E-state index contributed by atoms with van der Waals surface area (Å²) in [5, 5.41) is 9.58. The molecule has 3 rings (SSSR count). The van der Waals surface area contributed by atoms with Gasteiger partial charge in [-0.2, -0.15) is 5.10 Å². The highest BCUT2D eigenvalue weighted by molar-refractivity contribution is 6.33. The van der Waals surface area contributed by atoms with Crippen LogP contribution < -0.4 is 14.8 Å². The minimum absolute atomic E-state index is 0.164. The third-order valence-corrected chi connectivity index (χ3v) is 4.38. The molecule has 0 bridgehead atoms. The van der Waals surface area contributed by atoms with Crippen molar-refractivity contribution in [1.82, 2.24) is 5.01 Å². The highest BCUT2D eigenvalue weighted by Gasteiger charge is 2.11. The van der Waals surface area contributed by atoms with E-state index in [0.717, 1.165) is 18.7 Å². The van der Waals surface area contributed by atoms with Crippen molar-refractivity contribution in [2.24, 2.45) is 5.10 Å². The molecule has 28 heavy (non-hydrogen) atoms. The minimum atomic E-state index is -0.312. The van der Waals surface area contributed by atoms with Gasteiger partial charge in [0.15, 0.2) is 18.1 Å². The average molecular weight is 404 g/mol. The van der Waals surface area contributed by atoms with E-state index in [-0.39, 0.29) is 12.5 Å². The standard InChI is InChI=1S/C20H22ClN3O4/c1-26-19-12-15(13-22-24-8-10-27-11-9-24)6-7-18(19)28-14-20(25)23-17-5-3-2-4-16(17)21/h2-7,12-13H,8-11,14H2,1H3,(H,23,25)/b22-13+. The van der Waals surface area contributed by atoms with Crippen LogP contribution >= 0.6 is 11.6 Å². The minimum Gasteiger partial charge on any atom is -0.493 e. The van der Waals surface area contributed by atoms with E-state index < -0.39 is 0 Å². The van der Waals surface area contributed by atoms with Crippen LogP contribution in [0, 0.1) is 0 Å². The van der Waals surface area contributed by atoms with Crippen molar-refractivity contribution in [1.29, 1.82) is 0 Å². The number of para-hydroxylation sites is 1. The van der Waals surface area contributed by atoms with E-state index in [4.69, 9.17) is 25.8 Å². The Morgan fingerprint density at radius 3 is 2.79 bits per heavy atom. The number of carbonyl (C=O) groups excluding carboxylic acids is 1. The normalized spacial score (nSPS) is 14.1. The number of ether oxygens (including phenoxy) is 3. The number of hydrazone groups is 1. The molecule has 2 aromatic carbocycles. The molecule has 148 valence electrons. The first-order valence-electron chi connectivity index (χ1n) is 8.87. The maximum Gasteiger partial charge on any atom is 0.262 e. The number of hydrogen-bond donors (Lipinski definition) is 1. The number of nitrogens with zero attached hydrogens (tertiary/aromatic N) is 2. The predicted octanol–water partition coefficient (Wildman–Crippen LogP) is 3.03. The molecule has 0 spiro atoms. The molecule has 7 nitrogen and oxygen atoms in total. The molecular formula is C20H22ClN3O4. The third kappa shape index (κ3) is 5.61. The molecule has 0 aliphatic carbocycles. The highest BCUT2D eigenvalue weighted by Crippen LogP contribution is 2.28. The smallest absolute Gasteiger partial charge is 0.262 e. The summed E-state index contributed by atoms with van der Waals surface area (Å²) in [4.78, 5) is 12.1. The molecule has 8 heteroatoms. The van der Waals surface area contributed by atoms with Crippen LogP contribution in [0.1, 0.15) is 5.56 Å². The van der Waals surface area contributed by atoms with Gasteiger partial charge in [-0.05, 0) is 35.9 Å². The number of rotatable bonds is 7. The molecule has 1 amide bonds. The third-order valence-electron chi connectivity index (χ3n) is 4.05. The Bertz CT molecular complexity index is 838. The first kappa shape index (κ1) is 20.0. The number of amides is 1. The Labute approximate surface area is 168 Å². The van der Waals surface area contributed by atoms with Gasteiger partial charge in [0.05, 0.1) is 50.3 Å². The van der Waals surface area contributed by atoms with Gasteiger partial charge >= 0.3 is 0 Å². The molecule has 0 atom stereocenters. The van der Waals surface area contributed by atoms with Gasteiger partial charge in [0, 0.05) is 0 Å². The van der Waals surface area contributed by atoms with Crippen LogP contribution in [-0.2, 0) is 9.53 Å². The fourth-order valence-corrected chi connectivity index (χ4v) is 2.78. The average Bonchev–Trinajstić information content (AvgIpc) is 2.73. The fourth-order valence-electron chi connectivity index (χ4n) is 2.59. The summed E-state index contributed by atoms with van der Waals surface area (Å²) >= 11 is 6.04. The quantitative estimate of drug-likeness (QED) is 0.719. The maximum absolute atomic E-state index is 12.1. The Morgan fingerprint density at radius 1 is 1.25 bits per heavy atom. The van der Waals surface area contributed by atoms with Gasteiger partial charge in [0.25, 0.3) is 5.91 Å². The van der Waals surface area contributed by atoms with E-state index in [1.807, 2.05) is 17.1 Å². The summed E-state index contributed by atoms with van der Waals surface area (Å²) in [6.07, 6.45) is 1.77. The summed E-state index contributed by atoms with van der Waals surface area (Å²) in [5.41, 5.74) is 1.41. The second-order valence-corrected chi connectivity index (χ2v) is 6.44. The van der Waals surface area contributed by atoms with Crippen molar-refractivity contribution >= 4 is 29.4 Å². The van der Waals surface area contributed by atoms with Gasteiger partial charge in [-0.3, -0.25) is 9.80 Å². The van der Waals surface area contributed by atoms with E-state index in [1.54, 1.807) is 43.7 Å². The number of morpholine rings is 1. The molecule has 1 N–H and O–H groups in total. The molecule has 1 aliphatic heterocycles. The van der Waals surface area contributed by atoms with Crippen LogP contribution in [0.2, 0.25) is 5.02 Å². The number of hydrogen-bond acceptors (Lipinski definition) is 6. The number of anilines is 1. The second-order valence-electron chi connectivity index (χ2n) is 6.04. The van der Waals surface area contributed by atoms with E-state index in [9.17, 15) is 4.79 Å². The lowest BCUT2D eigenvalue weighted by atomic mass is 10.2. The second kappa shape index (κ2) is 9.96. The molecule has 1 aliphatic rings. The van der Waals surface area contributed by atoms with Gasteiger partial charge in [-0.25, -0.2) is 0 Å². The van der Waals surface area contributed by atoms with Gasteiger partial charge in [0.1, 0.15) is 0 Å². The molecule has 1 fully saturated rings. The van der Waals surface area contributed by atoms with Crippen LogP contribution in [0.15, 0.2) is 47.6 Å². The van der Waals surface area contributed by atoms with Crippen molar-refractivity contribution in [3.8, 4) is 11.5 Å². The van der Waals surface area contributed by atoms with Gasteiger partial charge in [-0.1, -0.05) is 23.7 Å². The fraction of sp³-hybridized carbons (Fsp3) is 0.300. The summed E-state index contributed by atoms with van der Waals surface area (Å²) in [6, 6.07) is 12.4. The lowest BCUT2D eigenvalue weighted by molar-refractivity contribution is -0.118. The van der Waals surface area contributed by atoms with Crippen LogP contribution in [0.4, 0.5) is 5.69 Å². The number of benzene rings is 2. The highest BCUT2D eigenvalue weighted by atomic mass is 35.5. The molecule has 0 saturated carbocycles. The zero-order valence-corrected chi connectivity index (χ0v) is 16.3. The van der Waals surface area contributed by atoms with E-state index in [0.29, 0.717) is 35.4 Å². The van der Waals surface area contributed by atoms with Crippen LogP contribution in [0.5, 0.6) is 11.5 Å². The molecule has 0 aromatic heterocycles. The monoisotopic (exact) mass is 403 g/mol. The van der Waals surface area contributed by atoms with Crippen molar-refractivity contribution in [3.05, 3.63) is 53.1 Å². The lowest BCUT2D eigenvalue weighted by Crippen LogP contribution is -2.32. The molecule has 0 radical (unpaired) electrons. The predicted molar refractivity (Wildman–Crippen MR) is 109 cm³/mol. The topological polar surface area (TPSA) is 72.4 Å². The maximum atomic E-state index is 12.1. The van der Waals surface area contributed by atoms with Crippen molar-refractivity contribution < 1.29 is 19.0 Å². The lowest BCUT2D eigenvalue weighted by Gasteiger charge is -2.23. The van der Waals surface area contributed by atoms with Crippen LogP contribution in [0.3, 0.4) is 0 Å². The first-order chi connectivity index (χ1) is 13.7. The van der Waals surface area contributed by atoms with Gasteiger partial charge < -0.3 is 19.5 Å². The molecule has 1 saturated heterocycles. The Hall–Kier alpha value is -2.77. The number of nitrogens with one attached hydrogen (secondary N) is 1. The summed E-state index contributed by atoms with van der Waals surface area (Å²) in [5.74, 6) is 0.685. The number of methoxy groups -OCH3 is 1. The van der Waals surface area contributed by atoms with E-state index in [2.05, 4.69) is 10.4 Å². The SMILES string of the molecule is COc1cc(/C=N/N2CCOCC2)ccc1OCC(=O)Nc1ccccc1Cl. The summed E-state index contributed by atoms with van der Waals surface area (Å²) in [7, 11) is 1.55. The van der Waals surface area contributed by atoms with Crippen molar-refractivity contribution in [2.45, 2.75) is 0 Å². The molecule has 0 unspecified atom stereocenters. The van der Waals surface area contributed by atoms with Crippen LogP contribution in [-0.4, -0.2) is 57.2 Å². The summed E-state index contributed by atoms with van der Waals surface area (Å²) < 4.78 is 16.3. The zero-order valence-electron chi connectivity index (χ0n) is 15.6. The molecular weight excluding hydrogens is 382 g/mol. The zero-order chi connectivity index (χ0) is 19.8. The first-order valence-corrected chi connectivity index (χ1v) is 9.25. The number of halogens is 1. The van der Waals surface area contributed by atoms with Gasteiger partial charge in [0.2, 0.25) is 0 Å². The molecule has 2 aromatic rings. The largest absolute Gasteiger partial charge is 0.493 e. The van der Waals surface area contributed by atoms with Crippen molar-refractivity contribution in [3.63, 3.8) is 0 Å². The van der Waals surface area contributed by atoms with Gasteiger partial charge in [-0.15, -0.1) is 0 Å². The van der Waals surface area contributed by atoms with Crippen LogP contribution in [0.25, 0.3) is 0 Å². The van der Waals surface area contributed by atoms with E-state index >= 15 is 0 Å². The Kier molecular flexibility index (Phi) is 7.11. The number of carbonyl (C=O) groups is 1. The Morgan fingerprint density at radius 2 is 2.04 bits per heavy atom. The molecule has 1 heterocycles. The van der Waals surface area contributed by atoms with Crippen molar-refractivity contribution in [2.75, 3.05) is 45.3 Å². The Balaban J connectivity index is 1.58.